The number of carboxylic acids is 1. The van der Waals surface area contributed by atoms with Gasteiger partial charge >= 0.3 is 5.97 Å². The molecule has 0 aliphatic heterocycles. The Balaban J connectivity index is 1.73. The van der Waals surface area contributed by atoms with Gasteiger partial charge in [-0.15, -0.1) is 0 Å². The lowest BCUT2D eigenvalue weighted by Gasteiger charge is -2.12. The topological polar surface area (TPSA) is 75.6 Å². The van der Waals surface area contributed by atoms with E-state index in [9.17, 15) is 14.7 Å². The molecule has 25 heavy (non-hydrogen) atoms. The van der Waals surface area contributed by atoms with Gasteiger partial charge in [-0.1, -0.05) is 17.7 Å². The number of halogens is 2. The maximum absolute atomic E-state index is 11.9. The average molecular weight is 425 g/mol. The minimum absolute atomic E-state index is 0.000854. The molecular formula is C18H15BrClNO4. The summed E-state index contributed by atoms with van der Waals surface area (Å²) in [4.78, 5) is 23.3. The fraction of sp³-hybridized carbons (Fsp3) is 0.222. The number of aromatic carboxylic acids is 1. The second-order valence-electron chi connectivity index (χ2n) is 5.81. The van der Waals surface area contributed by atoms with Crippen LogP contribution >= 0.6 is 27.5 Å². The van der Waals surface area contributed by atoms with Crippen LogP contribution in [-0.2, 0) is 11.4 Å². The number of amides is 1. The first kappa shape index (κ1) is 17.8. The molecule has 0 radical (unpaired) electrons. The highest BCUT2D eigenvalue weighted by Crippen LogP contribution is 2.31. The van der Waals surface area contributed by atoms with Crippen LogP contribution in [0.2, 0.25) is 5.02 Å². The van der Waals surface area contributed by atoms with Crippen molar-refractivity contribution in [2.24, 2.45) is 5.92 Å². The Hall–Kier alpha value is -2.05. The van der Waals surface area contributed by atoms with Crippen LogP contribution in [0, 0.1) is 5.92 Å². The molecule has 1 fully saturated rings. The number of anilines is 1. The first-order valence-electron chi connectivity index (χ1n) is 7.69. The molecule has 0 bridgehead atoms. The second kappa shape index (κ2) is 7.45. The molecular weight excluding hydrogens is 410 g/mol. The number of nitrogens with one attached hydrogen (secondary N) is 1. The van der Waals surface area contributed by atoms with Gasteiger partial charge < -0.3 is 15.2 Å². The average Bonchev–Trinajstić information content (AvgIpc) is 3.41. The highest BCUT2D eigenvalue weighted by molar-refractivity contribution is 9.10. The SMILES string of the molecule is O=C(O)c1cc(OCc2ccc(Cl)c(Br)c2)ccc1NC(=O)C1CC1. The Labute approximate surface area is 158 Å². The van der Waals surface area contributed by atoms with Gasteiger partial charge in [0.25, 0.3) is 0 Å². The van der Waals surface area contributed by atoms with Crippen molar-refractivity contribution in [1.29, 1.82) is 0 Å². The summed E-state index contributed by atoms with van der Waals surface area (Å²) in [5.41, 5.74) is 1.18. The van der Waals surface area contributed by atoms with Crippen molar-refractivity contribution in [3.63, 3.8) is 0 Å². The highest BCUT2D eigenvalue weighted by Gasteiger charge is 2.30. The van der Waals surface area contributed by atoms with Crippen molar-refractivity contribution in [2.45, 2.75) is 19.4 Å². The number of ether oxygens (including phenoxy) is 1. The van der Waals surface area contributed by atoms with Crippen molar-refractivity contribution >= 4 is 45.1 Å². The van der Waals surface area contributed by atoms with Crippen molar-refractivity contribution < 1.29 is 19.4 Å². The van der Waals surface area contributed by atoms with E-state index in [1.807, 2.05) is 12.1 Å². The quantitative estimate of drug-likeness (QED) is 0.703. The van der Waals surface area contributed by atoms with Crippen molar-refractivity contribution in [3.8, 4) is 5.75 Å². The summed E-state index contributed by atoms with van der Waals surface area (Å²) in [5, 5.41) is 12.7. The van der Waals surface area contributed by atoms with Crippen LogP contribution in [-0.4, -0.2) is 17.0 Å². The smallest absolute Gasteiger partial charge is 0.337 e. The van der Waals surface area contributed by atoms with Crippen LogP contribution in [0.25, 0.3) is 0 Å². The molecule has 5 nitrogen and oxygen atoms in total. The summed E-state index contributed by atoms with van der Waals surface area (Å²) in [5.74, 6) is -0.846. The van der Waals surface area contributed by atoms with Gasteiger partial charge in [0, 0.05) is 10.4 Å². The van der Waals surface area contributed by atoms with E-state index in [4.69, 9.17) is 16.3 Å². The van der Waals surface area contributed by atoms with E-state index >= 15 is 0 Å². The molecule has 2 N–H and O–H groups in total. The van der Waals surface area contributed by atoms with Gasteiger partial charge in [0.05, 0.1) is 16.3 Å². The molecule has 1 amide bonds. The lowest BCUT2D eigenvalue weighted by atomic mass is 10.1. The Bertz CT molecular complexity index is 836. The lowest BCUT2D eigenvalue weighted by molar-refractivity contribution is -0.117. The zero-order valence-corrected chi connectivity index (χ0v) is 15.4. The molecule has 2 aromatic rings. The minimum atomic E-state index is -1.12. The normalized spacial score (nSPS) is 13.4. The van der Waals surface area contributed by atoms with E-state index in [2.05, 4.69) is 21.2 Å². The molecule has 1 aliphatic rings. The molecule has 1 saturated carbocycles. The summed E-state index contributed by atoms with van der Waals surface area (Å²) in [6.45, 7) is 0.266. The van der Waals surface area contributed by atoms with Crippen LogP contribution in [0.3, 0.4) is 0 Å². The van der Waals surface area contributed by atoms with E-state index in [0.717, 1.165) is 22.9 Å². The van der Waals surface area contributed by atoms with E-state index in [1.54, 1.807) is 18.2 Å². The van der Waals surface area contributed by atoms with Gasteiger partial charge in [-0.3, -0.25) is 4.79 Å². The largest absolute Gasteiger partial charge is 0.489 e. The molecule has 1 aliphatic carbocycles. The third kappa shape index (κ3) is 4.52. The van der Waals surface area contributed by atoms with E-state index in [1.165, 1.54) is 6.07 Å². The van der Waals surface area contributed by atoms with E-state index < -0.39 is 5.97 Å². The number of carbonyl (C=O) groups is 2. The zero-order valence-electron chi connectivity index (χ0n) is 13.1. The molecule has 0 heterocycles. The number of hydrogen-bond donors (Lipinski definition) is 2. The third-order valence-corrected chi connectivity index (χ3v) is 5.03. The van der Waals surface area contributed by atoms with Crippen molar-refractivity contribution in [2.75, 3.05) is 5.32 Å². The van der Waals surface area contributed by atoms with Crippen LogP contribution in [0.5, 0.6) is 5.75 Å². The predicted molar refractivity (Wildman–Crippen MR) is 98.2 cm³/mol. The summed E-state index contributed by atoms with van der Waals surface area (Å²) >= 11 is 9.30. The van der Waals surface area contributed by atoms with Crippen LogP contribution in [0.1, 0.15) is 28.8 Å². The van der Waals surface area contributed by atoms with Gasteiger partial charge in [-0.05, 0) is 64.7 Å². The molecule has 0 atom stereocenters. The first-order chi connectivity index (χ1) is 11.9. The number of carboxylic acid groups (broad SMARTS) is 1. The molecule has 0 aromatic heterocycles. The van der Waals surface area contributed by atoms with Gasteiger partial charge in [0.15, 0.2) is 0 Å². The number of benzene rings is 2. The lowest BCUT2D eigenvalue weighted by Crippen LogP contribution is -2.16. The standard InChI is InChI=1S/C18H15BrClNO4/c19-14-7-10(1-5-15(14)20)9-25-12-4-6-16(13(8-12)18(23)24)21-17(22)11-2-3-11/h1,4-8,11H,2-3,9H2,(H,21,22)(H,23,24). The summed E-state index contributed by atoms with van der Waals surface area (Å²) in [6.07, 6.45) is 1.71. The van der Waals surface area contributed by atoms with E-state index in [0.29, 0.717) is 10.8 Å². The Kier molecular flexibility index (Phi) is 5.30. The van der Waals surface area contributed by atoms with Gasteiger partial charge in [-0.2, -0.15) is 0 Å². The summed E-state index contributed by atoms with van der Waals surface area (Å²) in [6, 6.07) is 10.0. The number of hydrogen-bond acceptors (Lipinski definition) is 3. The molecule has 0 spiro atoms. The monoisotopic (exact) mass is 423 g/mol. The maximum Gasteiger partial charge on any atom is 0.337 e. The molecule has 130 valence electrons. The Morgan fingerprint density at radius 2 is 2.00 bits per heavy atom. The summed E-state index contributed by atoms with van der Waals surface area (Å²) < 4.78 is 6.42. The summed E-state index contributed by atoms with van der Waals surface area (Å²) in [7, 11) is 0. The first-order valence-corrected chi connectivity index (χ1v) is 8.86. The van der Waals surface area contributed by atoms with Gasteiger partial charge in [0.2, 0.25) is 5.91 Å². The van der Waals surface area contributed by atoms with Crippen LogP contribution in [0.4, 0.5) is 5.69 Å². The van der Waals surface area contributed by atoms with Gasteiger partial charge in [-0.25, -0.2) is 4.79 Å². The van der Waals surface area contributed by atoms with Gasteiger partial charge in [0.1, 0.15) is 12.4 Å². The van der Waals surface area contributed by atoms with Crippen LogP contribution in [0.15, 0.2) is 40.9 Å². The molecule has 0 unspecified atom stereocenters. The fourth-order valence-electron chi connectivity index (χ4n) is 2.28. The van der Waals surface area contributed by atoms with Crippen molar-refractivity contribution in [3.05, 3.63) is 57.0 Å². The molecule has 2 aromatic carbocycles. The zero-order chi connectivity index (χ0) is 18.0. The molecule has 7 heteroatoms. The second-order valence-corrected chi connectivity index (χ2v) is 7.07. The van der Waals surface area contributed by atoms with Crippen LogP contribution < -0.4 is 10.1 Å². The Morgan fingerprint density at radius 3 is 2.64 bits per heavy atom. The van der Waals surface area contributed by atoms with E-state index in [-0.39, 0.29) is 29.7 Å². The molecule has 0 saturated heterocycles. The number of carbonyl (C=O) groups excluding carboxylic acids is 1. The molecule has 3 rings (SSSR count). The third-order valence-electron chi connectivity index (χ3n) is 3.82. The number of rotatable bonds is 6. The minimum Gasteiger partial charge on any atom is -0.489 e. The maximum atomic E-state index is 11.9. The highest BCUT2D eigenvalue weighted by atomic mass is 79.9. The Morgan fingerprint density at radius 1 is 1.24 bits per heavy atom. The predicted octanol–water partition coefficient (Wildman–Crippen LogP) is 4.73. The van der Waals surface area contributed by atoms with Crippen molar-refractivity contribution in [1.82, 2.24) is 0 Å². The fourth-order valence-corrected chi connectivity index (χ4v) is 2.82.